The van der Waals surface area contributed by atoms with E-state index in [1.165, 1.54) is 0 Å². The smallest absolute Gasteiger partial charge is 0.251 e. The zero-order valence-corrected chi connectivity index (χ0v) is 18.7. The molecule has 1 aliphatic rings. The molecule has 31 heavy (non-hydrogen) atoms. The summed E-state index contributed by atoms with van der Waals surface area (Å²) in [5.74, 6) is -0.372. The lowest BCUT2D eigenvalue weighted by Crippen LogP contribution is -2.51. The Hall–Kier alpha value is -2.70. The number of nitrogens with two attached hydrogens (primary N) is 1. The summed E-state index contributed by atoms with van der Waals surface area (Å²) in [7, 11) is 3.95. The molecule has 0 bridgehead atoms. The second-order valence-electron chi connectivity index (χ2n) is 8.78. The molecule has 1 saturated heterocycles. The molecule has 2 atom stereocenters. The molecule has 1 aliphatic heterocycles. The fourth-order valence-corrected chi connectivity index (χ4v) is 4.86. The van der Waals surface area contributed by atoms with Crippen molar-refractivity contribution >= 4 is 11.8 Å². The molecule has 2 amide bonds. The van der Waals surface area contributed by atoms with Gasteiger partial charge in [-0.15, -0.1) is 0 Å². The first-order valence-corrected chi connectivity index (χ1v) is 11.0. The minimum atomic E-state index is -0.920. The Morgan fingerprint density at radius 1 is 1.06 bits per heavy atom. The lowest BCUT2D eigenvalue weighted by atomic mass is 9.62. The number of nitrogens with zero attached hydrogens (tertiary/aromatic N) is 1. The van der Waals surface area contributed by atoms with Gasteiger partial charge in [0.1, 0.15) is 5.41 Å². The van der Waals surface area contributed by atoms with Gasteiger partial charge in [-0.2, -0.15) is 0 Å². The van der Waals surface area contributed by atoms with Gasteiger partial charge in [0.25, 0.3) is 5.91 Å². The Kier molecular flexibility index (Phi) is 7.46. The molecule has 6 heteroatoms. The highest BCUT2D eigenvalue weighted by Crippen LogP contribution is 2.43. The van der Waals surface area contributed by atoms with Gasteiger partial charge in [0, 0.05) is 18.2 Å². The molecular weight excluding hydrogens is 388 g/mol. The van der Waals surface area contributed by atoms with Gasteiger partial charge < -0.3 is 21.3 Å². The highest BCUT2D eigenvalue weighted by atomic mass is 16.2. The lowest BCUT2D eigenvalue weighted by Gasteiger charge is -2.41. The predicted molar refractivity (Wildman–Crippen MR) is 124 cm³/mol. The van der Waals surface area contributed by atoms with Crippen LogP contribution in [0.3, 0.4) is 0 Å². The van der Waals surface area contributed by atoms with Gasteiger partial charge in [0.2, 0.25) is 5.91 Å². The summed E-state index contributed by atoms with van der Waals surface area (Å²) in [5.41, 5.74) is 7.54. The van der Waals surface area contributed by atoms with Crippen LogP contribution in [0.4, 0.5) is 0 Å². The SMILES string of the molecule is CC(CN(C)C)NC(=O)c1ccc(C(C(N)=O)(c2ccccc2)C2CCNCC2)cc1. The van der Waals surface area contributed by atoms with Crippen LogP contribution in [0.25, 0.3) is 0 Å². The molecule has 0 spiro atoms. The molecule has 3 rings (SSSR count). The van der Waals surface area contributed by atoms with E-state index in [1.807, 2.05) is 68.4 Å². The van der Waals surface area contributed by atoms with Crippen molar-refractivity contribution < 1.29 is 9.59 Å². The van der Waals surface area contributed by atoms with Crippen LogP contribution in [0.1, 0.15) is 41.3 Å². The average molecular weight is 423 g/mol. The van der Waals surface area contributed by atoms with Gasteiger partial charge in [0.05, 0.1) is 0 Å². The minimum Gasteiger partial charge on any atom is -0.369 e. The van der Waals surface area contributed by atoms with Crippen molar-refractivity contribution in [1.29, 1.82) is 0 Å². The van der Waals surface area contributed by atoms with E-state index in [-0.39, 0.29) is 23.8 Å². The number of nitrogens with one attached hydrogen (secondary N) is 2. The summed E-state index contributed by atoms with van der Waals surface area (Å²) < 4.78 is 0. The highest BCUT2D eigenvalue weighted by molar-refractivity contribution is 5.95. The summed E-state index contributed by atoms with van der Waals surface area (Å²) in [6.07, 6.45) is 1.73. The van der Waals surface area contributed by atoms with Crippen LogP contribution in [0, 0.1) is 5.92 Å². The van der Waals surface area contributed by atoms with Crippen molar-refractivity contribution in [3.8, 4) is 0 Å². The first kappa shape index (κ1) is 23.0. The van der Waals surface area contributed by atoms with E-state index in [4.69, 9.17) is 5.73 Å². The van der Waals surface area contributed by atoms with E-state index in [0.717, 1.165) is 43.6 Å². The number of piperidine rings is 1. The standard InChI is InChI=1S/C25H34N4O2/c1-18(17-29(2)3)28-23(30)19-9-11-21(12-10-19)25(24(26)31,20-7-5-4-6-8-20)22-13-15-27-16-14-22/h4-12,18,22,27H,13-17H2,1-3H3,(H2,26,31)(H,28,30). The number of primary amides is 1. The van der Waals surface area contributed by atoms with Gasteiger partial charge in [-0.1, -0.05) is 42.5 Å². The lowest BCUT2D eigenvalue weighted by molar-refractivity contribution is -0.124. The predicted octanol–water partition coefficient (Wildman–Crippen LogP) is 2.14. The van der Waals surface area contributed by atoms with Crippen molar-refractivity contribution in [2.45, 2.75) is 31.2 Å². The topological polar surface area (TPSA) is 87.5 Å². The average Bonchev–Trinajstić information content (AvgIpc) is 2.75. The zero-order valence-electron chi connectivity index (χ0n) is 18.7. The Bertz CT molecular complexity index is 876. The quantitative estimate of drug-likeness (QED) is 0.608. The fraction of sp³-hybridized carbons (Fsp3) is 0.440. The maximum atomic E-state index is 13.1. The summed E-state index contributed by atoms with van der Waals surface area (Å²) in [5, 5.41) is 6.40. The van der Waals surface area contributed by atoms with Crippen LogP contribution in [-0.4, -0.2) is 56.5 Å². The Morgan fingerprint density at radius 2 is 1.65 bits per heavy atom. The Morgan fingerprint density at radius 3 is 2.19 bits per heavy atom. The van der Waals surface area contributed by atoms with Crippen molar-refractivity contribution in [3.63, 3.8) is 0 Å². The highest BCUT2D eigenvalue weighted by Gasteiger charge is 2.47. The van der Waals surface area contributed by atoms with E-state index in [2.05, 4.69) is 10.6 Å². The molecule has 1 fully saturated rings. The molecular formula is C25H34N4O2. The van der Waals surface area contributed by atoms with Gasteiger partial charge in [-0.3, -0.25) is 9.59 Å². The maximum Gasteiger partial charge on any atom is 0.251 e. The number of benzene rings is 2. The van der Waals surface area contributed by atoms with Crippen LogP contribution in [0.2, 0.25) is 0 Å². The number of amides is 2. The number of carbonyl (C=O) groups is 2. The third kappa shape index (κ3) is 4.97. The fourth-order valence-electron chi connectivity index (χ4n) is 4.86. The van der Waals surface area contributed by atoms with Gasteiger partial charge in [-0.05, 0) is 76.1 Å². The first-order chi connectivity index (χ1) is 14.9. The summed E-state index contributed by atoms with van der Waals surface area (Å²) >= 11 is 0. The third-order valence-corrected chi connectivity index (χ3v) is 6.19. The molecule has 6 nitrogen and oxygen atoms in total. The molecule has 0 radical (unpaired) electrons. The molecule has 0 aliphatic carbocycles. The van der Waals surface area contributed by atoms with Crippen molar-refractivity contribution in [2.24, 2.45) is 11.7 Å². The number of hydrogen-bond donors (Lipinski definition) is 3. The summed E-state index contributed by atoms with van der Waals surface area (Å²) in [6.45, 7) is 4.46. The van der Waals surface area contributed by atoms with Crippen molar-refractivity contribution in [1.82, 2.24) is 15.5 Å². The van der Waals surface area contributed by atoms with Crippen LogP contribution in [0.15, 0.2) is 54.6 Å². The van der Waals surface area contributed by atoms with Gasteiger partial charge in [-0.25, -0.2) is 0 Å². The Balaban J connectivity index is 1.96. The maximum absolute atomic E-state index is 13.1. The third-order valence-electron chi connectivity index (χ3n) is 6.19. The van der Waals surface area contributed by atoms with E-state index >= 15 is 0 Å². The normalized spacial score (nSPS) is 17.7. The van der Waals surface area contributed by atoms with Crippen LogP contribution in [0.5, 0.6) is 0 Å². The number of rotatable bonds is 8. The molecule has 0 saturated carbocycles. The van der Waals surface area contributed by atoms with E-state index < -0.39 is 5.41 Å². The number of hydrogen-bond acceptors (Lipinski definition) is 4. The van der Waals surface area contributed by atoms with Gasteiger partial charge in [0.15, 0.2) is 0 Å². The molecule has 0 aromatic heterocycles. The second-order valence-corrected chi connectivity index (χ2v) is 8.78. The van der Waals surface area contributed by atoms with Crippen molar-refractivity contribution in [3.05, 3.63) is 71.3 Å². The van der Waals surface area contributed by atoms with Crippen LogP contribution >= 0.6 is 0 Å². The van der Waals surface area contributed by atoms with E-state index in [0.29, 0.717) is 5.56 Å². The molecule has 2 aromatic rings. The van der Waals surface area contributed by atoms with E-state index in [1.54, 1.807) is 12.1 Å². The monoisotopic (exact) mass is 422 g/mol. The van der Waals surface area contributed by atoms with Crippen molar-refractivity contribution in [2.75, 3.05) is 33.7 Å². The molecule has 2 aromatic carbocycles. The minimum absolute atomic E-state index is 0.0333. The zero-order chi connectivity index (χ0) is 22.4. The largest absolute Gasteiger partial charge is 0.369 e. The van der Waals surface area contributed by atoms with Crippen LogP contribution in [-0.2, 0) is 10.2 Å². The molecule has 4 N–H and O–H groups in total. The molecule has 2 unspecified atom stereocenters. The second kappa shape index (κ2) is 10.1. The number of carbonyl (C=O) groups excluding carboxylic acids is 2. The Labute approximate surface area is 185 Å². The summed E-state index contributed by atoms with van der Waals surface area (Å²) in [6, 6.07) is 17.2. The summed E-state index contributed by atoms with van der Waals surface area (Å²) in [4.78, 5) is 27.8. The van der Waals surface area contributed by atoms with Crippen LogP contribution < -0.4 is 16.4 Å². The first-order valence-electron chi connectivity index (χ1n) is 11.0. The van der Waals surface area contributed by atoms with E-state index in [9.17, 15) is 9.59 Å². The molecule has 166 valence electrons. The molecule has 1 heterocycles. The van der Waals surface area contributed by atoms with Gasteiger partial charge >= 0.3 is 0 Å². The number of likely N-dealkylation sites (N-methyl/N-ethyl adjacent to an activating group) is 1.